The highest BCUT2D eigenvalue weighted by Crippen LogP contribution is 2.28. The lowest BCUT2D eigenvalue weighted by molar-refractivity contribution is -0.136. The average molecular weight is 531 g/mol. The smallest absolute Gasteiger partial charge is 0.305 e. The van der Waals surface area contributed by atoms with Gasteiger partial charge in [-0.15, -0.1) is 0 Å². The monoisotopic (exact) mass is 530 g/mol. The van der Waals surface area contributed by atoms with Crippen molar-refractivity contribution in [2.24, 2.45) is 5.92 Å². The standard InChI is InChI=1S/C26H28Cl2N4O4/c1-16(2)11-20(32-19-6-3-17(4-7-19)26(35)29-10-9-24(33)34)15-36-21-13-30-25(31-14-21)22-8-5-18(27)12-23(22)28/h3-8,12-14,16,20,32H,9-11,15H2,1-2H3,(H,29,35)(H,33,34). The van der Waals surface area contributed by atoms with Crippen LogP contribution in [-0.4, -0.2) is 46.1 Å². The summed E-state index contributed by atoms with van der Waals surface area (Å²) in [5.74, 6) is 0.173. The second-order valence-corrected chi connectivity index (χ2v) is 9.47. The van der Waals surface area contributed by atoms with Gasteiger partial charge in [0.1, 0.15) is 6.61 Å². The van der Waals surface area contributed by atoms with Crippen LogP contribution >= 0.6 is 23.2 Å². The van der Waals surface area contributed by atoms with E-state index in [2.05, 4.69) is 34.4 Å². The van der Waals surface area contributed by atoms with Crippen LogP contribution in [-0.2, 0) is 4.79 Å². The molecule has 0 bridgehead atoms. The summed E-state index contributed by atoms with van der Waals surface area (Å²) in [7, 11) is 0. The topological polar surface area (TPSA) is 113 Å². The van der Waals surface area contributed by atoms with Gasteiger partial charge in [0.05, 0.1) is 29.9 Å². The number of benzene rings is 2. The van der Waals surface area contributed by atoms with Crippen LogP contribution in [0.3, 0.4) is 0 Å². The Hall–Kier alpha value is -3.36. The Labute approximate surface area is 220 Å². The van der Waals surface area contributed by atoms with Crippen molar-refractivity contribution in [3.8, 4) is 17.1 Å². The Bertz CT molecular complexity index is 1170. The Morgan fingerprint density at radius 3 is 2.36 bits per heavy atom. The van der Waals surface area contributed by atoms with Crippen molar-refractivity contribution in [2.75, 3.05) is 18.5 Å². The van der Waals surface area contributed by atoms with Gasteiger partial charge in [0.25, 0.3) is 5.91 Å². The molecule has 190 valence electrons. The zero-order chi connectivity index (χ0) is 26.1. The maximum atomic E-state index is 12.1. The highest BCUT2D eigenvalue weighted by molar-refractivity contribution is 6.36. The van der Waals surface area contributed by atoms with Gasteiger partial charge in [-0.05, 0) is 54.8 Å². The van der Waals surface area contributed by atoms with Gasteiger partial charge < -0.3 is 20.5 Å². The molecule has 36 heavy (non-hydrogen) atoms. The van der Waals surface area contributed by atoms with Crippen molar-refractivity contribution in [1.82, 2.24) is 15.3 Å². The number of nitrogens with one attached hydrogen (secondary N) is 2. The number of aromatic nitrogens is 2. The Kier molecular flexibility index (Phi) is 9.90. The van der Waals surface area contributed by atoms with Gasteiger partial charge in [-0.1, -0.05) is 37.0 Å². The van der Waals surface area contributed by atoms with Crippen molar-refractivity contribution >= 4 is 40.8 Å². The molecule has 10 heteroatoms. The third-order valence-electron chi connectivity index (χ3n) is 5.15. The predicted octanol–water partition coefficient (Wildman–Crippen LogP) is 5.56. The molecule has 0 spiro atoms. The van der Waals surface area contributed by atoms with E-state index in [9.17, 15) is 9.59 Å². The van der Waals surface area contributed by atoms with E-state index in [1.165, 1.54) is 0 Å². The fourth-order valence-corrected chi connectivity index (χ4v) is 3.97. The van der Waals surface area contributed by atoms with E-state index in [0.29, 0.717) is 45.3 Å². The molecule has 0 radical (unpaired) electrons. The minimum absolute atomic E-state index is 0.00521. The molecule has 0 aliphatic carbocycles. The molecule has 1 atom stereocenters. The molecule has 3 rings (SSSR count). The normalized spacial score (nSPS) is 11.7. The Morgan fingerprint density at radius 1 is 1.06 bits per heavy atom. The van der Waals surface area contributed by atoms with E-state index in [1.807, 2.05) is 12.1 Å². The number of carboxylic acid groups (broad SMARTS) is 1. The largest absolute Gasteiger partial charge is 0.488 e. The Balaban J connectivity index is 1.58. The van der Waals surface area contributed by atoms with Crippen LogP contribution in [0.4, 0.5) is 5.69 Å². The van der Waals surface area contributed by atoms with Crippen molar-refractivity contribution in [2.45, 2.75) is 32.7 Å². The molecule has 0 aliphatic rings. The number of amides is 1. The van der Waals surface area contributed by atoms with Gasteiger partial charge in [0.15, 0.2) is 11.6 Å². The van der Waals surface area contributed by atoms with Crippen molar-refractivity contribution in [3.63, 3.8) is 0 Å². The number of hydrogen-bond donors (Lipinski definition) is 3. The molecule has 1 amide bonds. The summed E-state index contributed by atoms with van der Waals surface area (Å²) in [6, 6.07) is 12.2. The molecular weight excluding hydrogens is 503 g/mol. The van der Waals surface area contributed by atoms with Gasteiger partial charge in [-0.3, -0.25) is 9.59 Å². The van der Waals surface area contributed by atoms with Crippen molar-refractivity contribution < 1.29 is 19.4 Å². The minimum atomic E-state index is -0.957. The molecule has 8 nitrogen and oxygen atoms in total. The van der Waals surface area contributed by atoms with Crippen molar-refractivity contribution in [1.29, 1.82) is 0 Å². The van der Waals surface area contributed by atoms with Crippen molar-refractivity contribution in [3.05, 3.63) is 70.5 Å². The summed E-state index contributed by atoms with van der Waals surface area (Å²) < 4.78 is 5.95. The van der Waals surface area contributed by atoms with E-state index in [-0.39, 0.29) is 24.9 Å². The maximum Gasteiger partial charge on any atom is 0.305 e. The van der Waals surface area contributed by atoms with Gasteiger partial charge >= 0.3 is 5.97 Å². The molecule has 0 saturated heterocycles. The van der Waals surface area contributed by atoms with Gasteiger partial charge in [-0.25, -0.2) is 9.97 Å². The number of carbonyl (C=O) groups is 2. The Morgan fingerprint density at radius 2 is 1.75 bits per heavy atom. The van der Waals surface area contributed by atoms with E-state index in [4.69, 9.17) is 33.0 Å². The molecular formula is C26H28Cl2N4O4. The first kappa shape index (κ1) is 27.2. The van der Waals surface area contributed by atoms with Gasteiger partial charge in [0.2, 0.25) is 0 Å². The molecule has 0 aliphatic heterocycles. The number of rotatable bonds is 12. The first-order valence-electron chi connectivity index (χ1n) is 11.5. The lowest BCUT2D eigenvalue weighted by Crippen LogP contribution is -2.29. The van der Waals surface area contributed by atoms with E-state index in [0.717, 1.165) is 12.1 Å². The lowest BCUT2D eigenvalue weighted by Gasteiger charge is -2.22. The highest BCUT2D eigenvalue weighted by Gasteiger charge is 2.14. The number of anilines is 1. The van der Waals surface area contributed by atoms with Crippen LogP contribution in [0.25, 0.3) is 11.4 Å². The molecule has 1 aromatic heterocycles. The fourth-order valence-electron chi connectivity index (χ4n) is 3.47. The number of hydrogen-bond acceptors (Lipinski definition) is 6. The summed E-state index contributed by atoms with van der Waals surface area (Å²) in [6.07, 6.45) is 3.95. The minimum Gasteiger partial charge on any atom is -0.488 e. The van der Waals surface area contributed by atoms with E-state index in [1.54, 1.807) is 42.7 Å². The third-order valence-corrected chi connectivity index (χ3v) is 5.70. The molecule has 2 aromatic carbocycles. The first-order valence-corrected chi connectivity index (χ1v) is 12.2. The van der Waals surface area contributed by atoms with Gasteiger partial charge in [-0.2, -0.15) is 0 Å². The second-order valence-electron chi connectivity index (χ2n) is 8.63. The number of ether oxygens (including phenoxy) is 1. The average Bonchev–Trinajstić information content (AvgIpc) is 2.83. The van der Waals surface area contributed by atoms with Gasteiger partial charge in [0, 0.05) is 28.4 Å². The summed E-state index contributed by atoms with van der Waals surface area (Å²) in [5.41, 5.74) is 1.99. The molecule has 0 fully saturated rings. The number of nitrogens with zero attached hydrogens (tertiary/aromatic N) is 2. The van der Waals surface area contributed by atoms with E-state index >= 15 is 0 Å². The zero-order valence-electron chi connectivity index (χ0n) is 20.0. The fraction of sp³-hybridized carbons (Fsp3) is 0.308. The summed E-state index contributed by atoms with van der Waals surface area (Å²) in [4.78, 5) is 31.5. The highest BCUT2D eigenvalue weighted by atomic mass is 35.5. The molecule has 3 aromatic rings. The number of carboxylic acids is 1. The number of halogens is 2. The molecule has 3 N–H and O–H groups in total. The van der Waals surface area contributed by atoms with Crippen LogP contribution in [0.1, 0.15) is 37.0 Å². The predicted molar refractivity (Wildman–Crippen MR) is 141 cm³/mol. The third kappa shape index (κ3) is 8.39. The quantitative estimate of drug-likeness (QED) is 0.280. The lowest BCUT2D eigenvalue weighted by atomic mass is 10.0. The van der Waals surface area contributed by atoms with Crippen LogP contribution in [0.15, 0.2) is 54.9 Å². The number of carbonyl (C=O) groups excluding carboxylic acids is 1. The molecule has 0 saturated carbocycles. The first-order chi connectivity index (χ1) is 17.2. The molecule has 1 heterocycles. The van der Waals surface area contributed by atoms with Crippen LogP contribution in [0.5, 0.6) is 5.75 Å². The number of aliphatic carboxylic acids is 1. The second kappa shape index (κ2) is 13.1. The van der Waals surface area contributed by atoms with Crippen LogP contribution in [0, 0.1) is 5.92 Å². The summed E-state index contributed by atoms with van der Waals surface area (Å²) in [6.45, 7) is 4.74. The van der Waals surface area contributed by atoms with E-state index < -0.39 is 5.97 Å². The zero-order valence-corrected chi connectivity index (χ0v) is 21.5. The molecule has 1 unspecified atom stereocenters. The summed E-state index contributed by atoms with van der Waals surface area (Å²) >= 11 is 12.2. The van der Waals surface area contributed by atoms with Crippen LogP contribution < -0.4 is 15.4 Å². The summed E-state index contributed by atoms with van der Waals surface area (Å²) in [5, 5.41) is 15.7. The SMILES string of the molecule is CC(C)CC(COc1cnc(-c2ccc(Cl)cc2Cl)nc1)Nc1ccc(C(=O)NCCC(=O)O)cc1. The maximum absolute atomic E-state index is 12.1. The van der Waals surface area contributed by atoms with Crippen LogP contribution in [0.2, 0.25) is 10.0 Å².